The van der Waals surface area contributed by atoms with Gasteiger partial charge in [0.1, 0.15) is 0 Å². The van der Waals surface area contributed by atoms with Gasteiger partial charge in [-0.05, 0) is 18.8 Å². The maximum Gasteiger partial charge on any atom is 0.234 e. The fraction of sp³-hybridized carbons (Fsp3) is 0.833. The maximum absolute atomic E-state index is 11.6. The molecule has 0 radical (unpaired) electrons. The minimum absolute atomic E-state index is 0.0472. The maximum atomic E-state index is 11.6. The molecular weight excluding hydrogens is 218 g/mol. The monoisotopic (exact) mass is 239 g/mol. The first-order valence-electron chi connectivity index (χ1n) is 6.11. The van der Waals surface area contributed by atoms with Gasteiger partial charge in [0.2, 0.25) is 5.91 Å². The van der Waals surface area contributed by atoms with E-state index in [0.717, 1.165) is 6.54 Å². The largest absolute Gasteiger partial charge is 0.383 e. The fourth-order valence-electron chi connectivity index (χ4n) is 1.54. The number of hydrogen-bond donors (Lipinski definition) is 1. The smallest absolute Gasteiger partial charge is 0.234 e. The summed E-state index contributed by atoms with van der Waals surface area (Å²) in [5.41, 5.74) is 0. The summed E-state index contributed by atoms with van der Waals surface area (Å²) >= 11 is 0. The van der Waals surface area contributed by atoms with Crippen LogP contribution in [-0.4, -0.2) is 50.7 Å². The van der Waals surface area contributed by atoms with Gasteiger partial charge < -0.3 is 10.1 Å². The molecule has 96 valence electrons. The first kappa shape index (κ1) is 13.9. The molecule has 0 aromatic carbocycles. The molecule has 0 aliphatic heterocycles. The number of carbonyl (C=O) groups excluding carboxylic acids is 1. The Morgan fingerprint density at radius 2 is 2.29 bits per heavy atom. The van der Waals surface area contributed by atoms with E-state index in [0.29, 0.717) is 38.6 Å². The highest BCUT2D eigenvalue weighted by molar-refractivity contribution is 5.78. The van der Waals surface area contributed by atoms with Gasteiger partial charge in [-0.3, -0.25) is 9.69 Å². The molecule has 1 N–H and O–H groups in total. The zero-order valence-electron chi connectivity index (χ0n) is 10.4. The summed E-state index contributed by atoms with van der Waals surface area (Å²) in [6.07, 6.45) is 2.92. The quantitative estimate of drug-likeness (QED) is 0.631. The van der Waals surface area contributed by atoms with Crippen molar-refractivity contribution in [2.24, 2.45) is 5.92 Å². The molecule has 5 nitrogen and oxygen atoms in total. The number of ether oxygens (including phenoxy) is 1. The second-order valence-electron chi connectivity index (χ2n) is 4.42. The average Bonchev–Trinajstić information content (AvgIpc) is 3.14. The van der Waals surface area contributed by atoms with Crippen LogP contribution in [0.1, 0.15) is 19.3 Å². The van der Waals surface area contributed by atoms with E-state index in [1.807, 2.05) is 4.90 Å². The van der Waals surface area contributed by atoms with Crippen molar-refractivity contribution in [1.29, 1.82) is 5.26 Å². The molecule has 1 saturated carbocycles. The molecule has 0 atom stereocenters. The van der Waals surface area contributed by atoms with Gasteiger partial charge in [-0.2, -0.15) is 5.26 Å². The Kier molecular flexibility index (Phi) is 6.60. The van der Waals surface area contributed by atoms with E-state index in [1.54, 1.807) is 7.11 Å². The molecular formula is C12H21N3O2. The van der Waals surface area contributed by atoms with Gasteiger partial charge in [-0.1, -0.05) is 0 Å². The second-order valence-corrected chi connectivity index (χ2v) is 4.42. The molecule has 0 aromatic rings. The lowest BCUT2D eigenvalue weighted by Gasteiger charge is -2.19. The number of nitrogens with one attached hydrogen (secondary N) is 1. The summed E-state index contributed by atoms with van der Waals surface area (Å²) in [7, 11) is 1.63. The SMILES string of the molecule is COCCN(CCC#N)CC(=O)NCC1CC1. The van der Waals surface area contributed by atoms with E-state index in [-0.39, 0.29) is 5.91 Å². The Morgan fingerprint density at radius 3 is 2.88 bits per heavy atom. The summed E-state index contributed by atoms with van der Waals surface area (Å²) in [6.45, 7) is 3.06. The number of nitriles is 1. The molecule has 0 heterocycles. The zero-order chi connectivity index (χ0) is 12.5. The molecule has 1 fully saturated rings. The van der Waals surface area contributed by atoms with E-state index in [9.17, 15) is 4.79 Å². The Balaban J connectivity index is 2.19. The molecule has 0 aromatic heterocycles. The van der Waals surface area contributed by atoms with Crippen molar-refractivity contribution in [2.75, 3.05) is 39.9 Å². The van der Waals surface area contributed by atoms with E-state index >= 15 is 0 Å². The zero-order valence-corrected chi connectivity index (χ0v) is 10.4. The third kappa shape index (κ3) is 6.93. The lowest BCUT2D eigenvalue weighted by atomic mass is 10.3. The predicted octanol–water partition coefficient (Wildman–Crippen LogP) is 0.375. The number of amides is 1. The number of carbonyl (C=O) groups is 1. The van der Waals surface area contributed by atoms with Crippen molar-refractivity contribution in [3.63, 3.8) is 0 Å². The van der Waals surface area contributed by atoms with E-state index in [1.165, 1.54) is 12.8 Å². The van der Waals surface area contributed by atoms with Crippen LogP contribution in [0.2, 0.25) is 0 Å². The van der Waals surface area contributed by atoms with Crippen LogP contribution in [0.25, 0.3) is 0 Å². The van der Waals surface area contributed by atoms with Gasteiger partial charge in [0.15, 0.2) is 0 Å². The van der Waals surface area contributed by atoms with Crippen molar-refractivity contribution in [2.45, 2.75) is 19.3 Å². The second kappa shape index (κ2) is 8.04. The van der Waals surface area contributed by atoms with E-state index < -0.39 is 0 Å². The lowest BCUT2D eigenvalue weighted by molar-refractivity contribution is -0.122. The molecule has 0 bridgehead atoms. The Morgan fingerprint density at radius 1 is 1.53 bits per heavy atom. The molecule has 0 spiro atoms. The molecule has 0 saturated heterocycles. The Hall–Kier alpha value is -1.12. The summed E-state index contributed by atoms with van der Waals surface area (Å²) < 4.78 is 4.99. The number of hydrogen-bond acceptors (Lipinski definition) is 4. The first-order valence-corrected chi connectivity index (χ1v) is 6.11. The van der Waals surface area contributed by atoms with E-state index in [4.69, 9.17) is 10.00 Å². The van der Waals surface area contributed by atoms with Crippen molar-refractivity contribution >= 4 is 5.91 Å². The highest BCUT2D eigenvalue weighted by Crippen LogP contribution is 2.27. The summed E-state index contributed by atoms with van der Waals surface area (Å²) in [6, 6.07) is 2.09. The van der Waals surface area contributed by atoms with Crippen molar-refractivity contribution in [1.82, 2.24) is 10.2 Å². The normalized spacial score (nSPS) is 14.6. The van der Waals surface area contributed by atoms with Gasteiger partial charge in [0.05, 0.1) is 19.2 Å². The molecule has 1 aliphatic carbocycles. The summed E-state index contributed by atoms with van der Waals surface area (Å²) in [5, 5.41) is 11.5. The van der Waals surface area contributed by atoms with Crippen molar-refractivity contribution in [3.8, 4) is 6.07 Å². The minimum Gasteiger partial charge on any atom is -0.383 e. The van der Waals surface area contributed by atoms with Crippen LogP contribution < -0.4 is 5.32 Å². The van der Waals surface area contributed by atoms with Crippen LogP contribution in [0, 0.1) is 17.2 Å². The Bertz CT molecular complexity index is 271. The third-order valence-corrected chi connectivity index (χ3v) is 2.80. The van der Waals surface area contributed by atoms with Gasteiger partial charge in [-0.25, -0.2) is 0 Å². The molecule has 1 aliphatic rings. The molecule has 17 heavy (non-hydrogen) atoms. The topological polar surface area (TPSA) is 65.4 Å². The van der Waals surface area contributed by atoms with Gasteiger partial charge >= 0.3 is 0 Å². The summed E-state index contributed by atoms with van der Waals surface area (Å²) in [5.74, 6) is 0.747. The molecule has 1 amide bonds. The molecule has 0 unspecified atom stereocenters. The average molecular weight is 239 g/mol. The van der Waals surface area contributed by atoms with Crippen molar-refractivity contribution in [3.05, 3.63) is 0 Å². The van der Waals surface area contributed by atoms with Crippen molar-refractivity contribution < 1.29 is 9.53 Å². The lowest BCUT2D eigenvalue weighted by Crippen LogP contribution is -2.39. The summed E-state index contributed by atoms with van der Waals surface area (Å²) in [4.78, 5) is 13.6. The number of methoxy groups -OCH3 is 1. The highest BCUT2D eigenvalue weighted by atomic mass is 16.5. The van der Waals surface area contributed by atoms with Crippen LogP contribution in [-0.2, 0) is 9.53 Å². The molecule has 1 rings (SSSR count). The standard InChI is InChI=1S/C12H21N3O2/c1-17-8-7-15(6-2-5-13)10-12(16)14-9-11-3-4-11/h11H,2-4,6-10H2,1H3,(H,14,16). The predicted molar refractivity (Wildman–Crippen MR) is 64.3 cm³/mol. The molecule has 5 heteroatoms. The third-order valence-electron chi connectivity index (χ3n) is 2.80. The van der Waals surface area contributed by atoms with Gasteiger partial charge in [-0.15, -0.1) is 0 Å². The minimum atomic E-state index is 0.0472. The van der Waals surface area contributed by atoms with Gasteiger partial charge in [0, 0.05) is 33.2 Å². The van der Waals surface area contributed by atoms with Crippen LogP contribution in [0.5, 0.6) is 0 Å². The fourth-order valence-corrected chi connectivity index (χ4v) is 1.54. The van der Waals surface area contributed by atoms with Crippen LogP contribution in [0.3, 0.4) is 0 Å². The van der Waals surface area contributed by atoms with Crippen LogP contribution >= 0.6 is 0 Å². The Labute approximate surface area is 103 Å². The van der Waals surface area contributed by atoms with E-state index in [2.05, 4.69) is 11.4 Å². The van der Waals surface area contributed by atoms with Gasteiger partial charge in [0.25, 0.3) is 0 Å². The van der Waals surface area contributed by atoms with Crippen LogP contribution in [0.15, 0.2) is 0 Å². The number of nitrogens with zero attached hydrogens (tertiary/aromatic N) is 2. The first-order chi connectivity index (χ1) is 8.26. The van der Waals surface area contributed by atoms with Crippen LogP contribution in [0.4, 0.5) is 0 Å². The highest BCUT2D eigenvalue weighted by Gasteiger charge is 2.21. The number of rotatable bonds is 9.